The molecule has 122 valence electrons. The molecular formula is C15H21NO5S. The molecule has 2 atom stereocenters. The number of carbonyl (C=O) groups is 1. The Morgan fingerprint density at radius 1 is 1.27 bits per heavy atom. The van der Waals surface area contributed by atoms with Crippen molar-refractivity contribution in [3.05, 3.63) is 23.8 Å². The number of hydrogen-bond donors (Lipinski definition) is 0. The average molecular weight is 327 g/mol. The lowest BCUT2D eigenvalue weighted by atomic mass is 10.1. The summed E-state index contributed by atoms with van der Waals surface area (Å²) in [5, 5.41) is 0. The minimum atomic E-state index is -3.48. The van der Waals surface area contributed by atoms with Crippen LogP contribution in [0.15, 0.2) is 23.1 Å². The minimum absolute atomic E-state index is 0.0226. The fraction of sp³-hybridized carbons (Fsp3) is 0.533. The van der Waals surface area contributed by atoms with E-state index in [0.29, 0.717) is 18.8 Å². The van der Waals surface area contributed by atoms with Crippen LogP contribution in [0.2, 0.25) is 0 Å². The van der Waals surface area contributed by atoms with Gasteiger partial charge in [-0.1, -0.05) is 0 Å². The highest BCUT2D eigenvalue weighted by atomic mass is 32.2. The van der Waals surface area contributed by atoms with E-state index in [0.717, 1.165) is 6.26 Å². The lowest BCUT2D eigenvalue weighted by Crippen LogP contribution is -2.52. The lowest BCUT2D eigenvalue weighted by Gasteiger charge is -2.38. The van der Waals surface area contributed by atoms with Crippen molar-refractivity contribution >= 4 is 15.7 Å². The van der Waals surface area contributed by atoms with Crippen molar-refractivity contribution < 1.29 is 22.7 Å². The quantitative estimate of drug-likeness (QED) is 0.838. The van der Waals surface area contributed by atoms with Crippen molar-refractivity contribution in [1.82, 2.24) is 4.90 Å². The molecule has 1 aliphatic rings. The average Bonchev–Trinajstić information content (AvgIpc) is 2.45. The third kappa shape index (κ3) is 3.25. The van der Waals surface area contributed by atoms with E-state index >= 15 is 0 Å². The monoisotopic (exact) mass is 327 g/mol. The molecule has 22 heavy (non-hydrogen) atoms. The fourth-order valence-corrected chi connectivity index (χ4v) is 3.51. The van der Waals surface area contributed by atoms with E-state index in [9.17, 15) is 13.2 Å². The number of nitrogens with zero attached hydrogens (tertiary/aromatic N) is 1. The Bertz CT molecular complexity index is 661. The zero-order chi connectivity index (χ0) is 16.5. The van der Waals surface area contributed by atoms with E-state index in [1.165, 1.54) is 19.2 Å². The number of morpholine rings is 1. The first-order valence-electron chi connectivity index (χ1n) is 7.04. The van der Waals surface area contributed by atoms with Crippen LogP contribution in [0.4, 0.5) is 0 Å². The number of methoxy groups -OCH3 is 1. The Hall–Kier alpha value is -1.60. The maximum Gasteiger partial charge on any atom is 0.254 e. The summed E-state index contributed by atoms with van der Waals surface area (Å²) >= 11 is 0. The highest BCUT2D eigenvalue weighted by molar-refractivity contribution is 7.90. The SMILES string of the molecule is COc1ccc(C(=O)N2C(C)COCC2C)cc1S(C)(=O)=O. The van der Waals surface area contributed by atoms with E-state index < -0.39 is 9.84 Å². The first-order chi connectivity index (χ1) is 10.3. The summed E-state index contributed by atoms with van der Waals surface area (Å²) in [6, 6.07) is 4.37. The lowest BCUT2D eigenvalue weighted by molar-refractivity contribution is -0.0249. The van der Waals surface area contributed by atoms with Crippen molar-refractivity contribution in [2.45, 2.75) is 30.8 Å². The molecule has 1 saturated heterocycles. The van der Waals surface area contributed by atoms with Crippen LogP contribution in [0.25, 0.3) is 0 Å². The van der Waals surface area contributed by atoms with E-state index in [1.54, 1.807) is 11.0 Å². The van der Waals surface area contributed by atoms with Gasteiger partial charge in [0.15, 0.2) is 9.84 Å². The molecule has 1 amide bonds. The summed E-state index contributed by atoms with van der Waals surface area (Å²) in [6.45, 7) is 4.78. The van der Waals surface area contributed by atoms with Crippen molar-refractivity contribution in [3.8, 4) is 5.75 Å². The summed E-state index contributed by atoms with van der Waals surface area (Å²) in [7, 11) is -2.08. The van der Waals surface area contributed by atoms with Crippen LogP contribution in [0, 0.1) is 0 Å². The molecule has 1 aliphatic heterocycles. The van der Waals surface area contributed by atoms with E-state index in [4.69, 9.17) is 9.47 Å². The molecule has 2 unspecified atom stereocenters. The molecule has 0 radical (unpaired) electrons. The van der Waals surface area contributed by atoms with Gasteiger partial charge in [-0.05, 0) is 32.0 Å². The van der Waals surface area contributed by atoms with Crippen LogP contribution in [0.3, 0.4) is 0 Å². The number of hydrogen-bond acceptors (Lipinski definition) is 5. The number of ether oxygens (including phenoxy) is 2. The second-order valence-electron chi connectivity index (χ2n) is 5.59. The third-order valence-corrected chi connectivity index (χ3v) is 4.83. The van der Waals surface area contributed by atoms with Gasteiger partial charge in [-0.15, -0.1) is 0 Å². The van der Waals surface area contributed by atoms with Gasteiger partial charge in [-0.2, -0.15) is 0 Å². The van der Waals surface area contributed by atoms with Gasteiger partial charge in [0, 0.05) is 11.8 Å². The van der Waals surface area contributed by atoms with Gasteiger partial charge in [-0.25, -0.2) is 8.42 Å². The molecular weight excluding hydrogens is 306 g/mol. The van der Waals surface area contributed by atoms with Crippen molar-refractivity contribution in [2.75, 3.05) is 26.6 Å². The van der Waals surface area contributed by atoms with Gasteiger partial charge in [0.25, 0.3) is 5.91 Å². The summed E-state index contributed by atoms with van der Waals surface area (Å²) in [5.74, 6) is 0.0398. The van der Waals surface area contributed by atoms with E-state index in [2.05, 4.69) is 0 Å². The van der Waals surface area contributed by atoms with Crippen LogP contribution in [-0.2, 0) is 14.6 Å². The van der Waals surface area contributed by atoms with Gasteiger partial charge < -0.3 is 14.4 Å². The summed E-state index contributed by atoms with van der Waals surface area (Å²) in [5.41, 5.74) is 0.335. The van der Waals surface area contributed by atoms with Crippen LogP contribution in [0.1, 0.15) is 24.2 Å². The molecule has 0 aromatic heterocycles. The van der Waals surface area contributed by atoms with Crippen molar-refractivity contribution in [1.29, 1.82) is 0 Å². The summed E-state index contributed by atoms with van der Waals surface area (Å²) < 4.78 is 34.2. The van der Waals surface area contributed by atoms with Crippen molar-refractivity contribution in [3.63, 3.8) is 0 Å². The first kappa shape index (κ1) is 16.8. The highest BCUT2D eigenvalue weighted by Crippen LogP contribution is 2.26. The largest absolute Gasteiger partial charge is 0.495 e. The molecule has 1 heterocycles. The van der Waals surface area contributed by atoms with Gasteiger partial charge in [-0.3, -0.25) is 4.79 Å². The number of amides is 1. The maximum atomic E-state index is 12.7. The molecule has 1 fully saturated rings. The second kappa shape index (κ2) is 6.26. The van der Waals surface area contributed by atoms with Crippen LogP contribution in [-0.4, -0.2) is 57.9 Å². The number of benzene rings is 1. The van der Waals surface area contributed by atoms with Crippen molar-refractivity contribution in [2.24, 2.45) is 0 Å². The van der Waals surface area contributed by atoms with Gasteiger partial charge >= 0.3 is 0 Å². The number of sulfone groups is 1. The Morgan fingerprint density at radius 2 is 1.86 bits per heavy atom. The number of carbonyl (C=O) groups excluding carboxylic acids is 1. The standard InChI is InChI=1S/C15H21NO5S/c1-10-8-21-9-11(2)16(10)15(17)12-5-6-13(20-3)14(7-12)22(4,18)19/h5-7,10-11H,8-9H2,1-4H3. The summed E-state index contributed by atoms with van der Waals surface area (Å²) in [6.07, 6.45) is 1.10. The van der Waals surface area contributed by atoms with Gasteiger partial charge in [0.2, 0.25) is 0 Å². The molecule has 0 saturated carbocycles. The Balaban J connectivity index is 2.42. The van der Waals surface area contributed by atoms with Gasteiger partial charge in [0.1, 0.15) is 10.6 Å². The highest BCUT2D eigenvalue weighted by Gasteiger charge is 2.31. The molecule has 0 N–H and O–H groups in total. The zero-order valence-corrected chi connectivity index (χ0v) is 14.0. The third-order valence-electron chi connectivity index (χ3n) is 3.71. The fourth-order valence-electron chi connectivity index (χ4n) is 2.65. The predicted octanol–water partition coefficient (Wildman–Crippen LogP) is 1.35. The normalized spacial score (nSPS) is 22.5. The zero-order valence-electron chi connectivity index (χ0n) is 13.2. The van der Waals surface area contributed by atoms with Crippen LogP contribution in [0.5, 0.6) is 5.75 Å². The second-order valence-corrected chi connectivity index (χ2v) is 7.57. The molecule has 1 aromatic carbocycles. The molecule has 6 nitrogen and oxygen atoms in total. The molecule has 7 heteroatoms. The first-order valence-corrected chi connectivity index (χ1v) is 8.93. The molecule has 2 rings (SSSR count). The molecule has 1 aromatic rings. The maximum absolute atomic E-state index is 12.7. The van der Waals surface area contributed by atoms with E-state index in [-0.39, 0.29) is 28.6 Å². The molecule has 0 bridgehead atoms. The smallest absolute Gasteiger partial charge is 0.254 e. The predicted molar refractivity (Wildman–Crippen MR) is 82.0 cm³/mol. The van der Waals surface area contributed by atoms with E-state index in [1.807, 2.05) is 13.8 Å². The Morgan fingerprint density at radius 3 is 2.36 bits per heavy atom. The minimum Gasteiger partial charge on any atom is -0.495 e. The van der Waals surface area contributed by atoms with Crippen LogP contribution < -0.4 is 4.74 Å². The van der Waals surface area contributed by atoms with Gasteiger partial charge in [0.05, 0.1) is 32.4 Å². The molecule has 0 aliphatic carbocycles. The Labute approximate surface area is 130 Å². The molecule has 0 spiro atoms. The van der Waals surface area contributed by atoms with Crippen LogP contribution >= 0.6 is 0 Å². The Kier molecular flexibility index (Phi) is 4.77. The number of rotatable bonds is 3. The topological polar surface area (TPSA) is 72.9 Å². The summed E-state index contributed by atoms with van der Waals surface area (Å²) in [4.78, 5) is 14.5.